The van der Waals surface area contributed by atoms with Crippen LogP contribution in [0, 0.1) is 5.92 Å². The molecule has 0 amide bonds. The average Bonchev–Trinajstić information content (AvgIpc) is 2.57. The highest BCUT2D eigenvalue weighted by Crippen LogP contribution is 2.24. The van der Waals surface area contributed by atoms with Crippen LogP contribution in [0.5, 0.6) is 0 Å². The molecule has 1 aromatic rings. The van der Waals surface area contributed by atoms with Gasteiger partial charge >= 0.3 is 5.97 Å². The second-order valence-corrected chi connectivity index (χ2v) is 8.09. The SMILES string of the molecule is COC(=O)C(C)/C=C1/CC(NS(=O)(=O)c2ccc(Cl)cc2)CCC1=O. The molecular weight excluding hydrogens is 366 g/mol. The van der Waals surface area contributed by atoms with Crippen molar-refractivity contribution in [1.29, 1.82) is 0 Å². The van der Waals surface area contributed by atoms with Crippen LogP contribution in [-0.2, 0) is 24.3 Å². The van der Waals surface area contributed by atoms with Crippen molar-refractivity contribution in [2.45, 2.75) is 37.1 Å². The summed E-state index contributed by atoms with van der Waals surface area (Å²) in [5.41, 5.74) is 0.452. The van der Waals surface area contributed by atoms with Gasteiger partial charge in [0.05, 0.1) is 17.9 Å². The smallest absolute Gasteiger partial charge is 0.312 e. The minimum absolute atomic E-state index is 0.0716. The fraction of sp³-hybridized carbons (Fsp3) is 0.412. The molecule has 2 rings (SSSR count). The summed E-state index contributed by atoms with van der Waals surface area (Å²) in [6.07, 6.45) is 2.44. The highest BCUT2D eigenvalue weighted by atomic mass is 35.5. The molecule has 6 nitrogen and oxygen atoms in total. The van der Waals surface area contributed by atoms with E-state index in [0.717, 1.165) is 0 Å². The van der Waals surface area contributed by atoms with Crippen LogP contribution in [0.25, 0.3) is 0 Å². The van der Waals surface area contributed by atoms with Crippen LogP contribution in [0.1, 0.15) is 26.2 Å². The van der Waals surface area contributed by atoms with Crippen molar-refractivity contribution in [3.8, 4) is 0 Å². The van der Waals surface area contributed by atoms with Crippen molar-refractivity contribution in [2.24, 2.45) is 5.92 Å². The molecule has 2 unspecified atom stereocenters. The third kappa shape index (κ3) is 5.14. The van der Waals surface area contributed by atoms with Crippen LogP contribution in [-0.4, -0.2) is 33.3 Å². The standard InChI is InChI=1S/C17H20ClNO5S/c1-11(17(21)24-2)9-12-10-14(5-8-16(12)20)19-25(22,23)15-6-3-13(18)4-7-15/h3-4,6-7,9,11,14,19H,5,8,10H2,1-2H3/b12-9-. The minimum atomic E-state index is -3.71. The van der Waals surface area contributed by atoms with E-state index in [9.17, 15) is 18.0 Å². The number of benzene rings is 1. The molecule has 25 heavy (non-hydrogen) atoms. The van der Waals surface area contributed by atoms with Gasteiger partial charge in [0.15, 0.2) is 5.78 Å². The topological polar surface area (TPSA) is 89.5 Å². The molecule has 136 valence electrons. The molecule has 0 bridgehead atoms. The van der Waals surface area contributed by atoms with Gasteiger partial charge in [-0.2, -0.15) is 0 Å². The normalized spacial score (nSPS) is 21.2. The van der Waals surface area contributed by atoms with Crippen molar-refractivity contribution in [3.63, 3.8) is 0 Å². The summed E-state index contributed by atoms with van der Waals surface area (Å²) in [7, 11) is -2.42. The Labute approximate surface area is 152 Å². The van der Waals surface area contributed by atoms with Crippen LogP contribution in [0.15, 0.2) is 40.8 Å². The van der Waals surface area contributed by atoms with E-state index in [2.05, 4.69) is 9.46 Å². The van der Waals surface area contributed by atoms with Gasteiger partial charge in [-0.3, -0.25) is 9.59 Å². The van der Waals surface area contributed by atoms with Gasteiger partial charge in [-0.15, -0.1) is 0 Å². The van der Waals surface area contributed by atoms with Crippen molar-refractivity contribution < 1.29 is 22.7 Å². The van der Waals surface area contributed by atoms with Gasteiger partial charge in [0, 0.05) is 17.5 Å². The maximum atomic E-state index is 12.4. The molecule has 1 aromatic carbocycles. The Morgan fingerprint density at radius 3 is 2.60 bits per heavy atom. The van der Waals surface area contributed by atoms with Crippen molar-refractivity contribution >= 4 is 33.4 Å². The fourth-order valence-corrected chi connectivity index (χ4v) is 4.06. The van der Waals surface area contributed by atoms with Gasteiger partial charge in [-0.25, -0.2) is 13.1 Å². The van der Waals surface area contributed by atoms with Gasteiger partial charge in [0.1, 0.15) is 0 Å². The third-order valence-electron chi connectivity index (χ3n) is 4.01. The molecule has 0 radical (unpaired) electrons. The van der Waals surface area contributed by atoms with Crippen LogP contribution < -0.4 is 4.72 Å². The Bertz CT molecular complexity index is 786. The molecule has 0 spiro atoms. The first-order chi connectivity index (χ1) is 11.7. The van der Waals surface area contributed by atoms with E-state index in [-0.39, 0.29) is 23.5 Å². The summed E-state index contributed by atoms with van der Waals surface area (Å²) in [4.78, 5) is 23.7. The summed E-state index contributed by atoms with van der Waals surface area (Å²) in [5.74, 6) is -1.07. The summed E-state index contributed by atoms with van der Waals surface area (Å²) in [5, 5.41) is 0.448. The molecule has 0 aliphatic heterocycles. The monoisotopic (exact) mass is 385 g/mol. The van der Waals surface area contributed by atoms with Crippen molar-refractivity contribution in [3.05, 3.63) is 40.9 Å². The first kappa shape index (κ1) is 19.6. The number of ether oxygens (including phenoxy) is 1. The second-order valence-electron chi connectivity index (χ2n) is 5.94. The van der Waals surface area contributed by atoms with Gasteiger partial charge in [-0.1, -0.05) is 17.7 Å². The molecule has 0 saturated heterocycles. The number of hydrogen-bond acceptors (Lipinski definition) is 5. The van der Waals surface area contributed by atoms with E-state index in [0.29, 0.717) is 17.0 Å². The van der Waals surface area contributed by atoms with Gasteiger partial charge in [-0.05, 0) is 49.6 Å². The van der Waals surface area contributed by atoms with Gasteiger partial charge < -0.3 is 4.74 Å². The second kappa shape index (κ2) is 8.12. The molecular formula is C17H20ClNO5S. The molecule has 2 atom stereocenters. The molecule has 0 heterocycles. The lowest BCUT2D eigenvalue weighted by molar-refractivity contribution is -0.143. The number of carbonyl (C=O) groups excluding carboxylic acids is 2. The Hall–Kier alpha value is -1.70. The quantitative estimate of drug-likeness (QED) is 0.621. The number of rotatable bonds is 5. The zero-order valence-corrected chi connectivity index (χ0v) is 15.6. The first-order valence-electron chi connectivity index (χ1n) is 7.82. The molecule has 1 aliphatic rings. The lowest BCUT2D eigenvalue weighted by Crippen LogP contribution is -2.38. The zero-order chi connectivity index (χ0) is 18.6. The van der Waals surface area contributed by atoms with Crippen LogP contribution in [0.4, 0.5) is 0 Å². The van der Waals surface area contributed by atoms with E-state index in [1.54, 1.807) is 13.0 Å². The Morgan fingerprint density at radius 1 is 1.36 bits per heavy atom. The largest absolute Gasteiger partial charge is 0.469 e. The number of sulfonamides is 1. The van der Waals surface area contributed by atoms with E-state index in [1.165, 1.54) is 31.4 Å². The molecule has 0 aromatic heterocycles. The zero-order valence-electron chi connectivity index (χ0n) is 14.0. The van der Waals surface area contributed by atoms with E-state index < -0.39 is 28.0 Å². The van der Waals surface area contributed by atoms with Crippen molar-refractivity contribution in [2.75, 3.05) is 7.11 Å². The Kier molecular flexibility index (Phi) is 6.37. The number of Topliss-reactive ketones (excluding diaryl/α,β-unsaturated/α-hetero) is 1. The number of esters is 1. The number of halogens is 1. The lowest BCUT2D eigenvalue weighted by Gasteiger charge is -2.24. The number of carbonyl (C=O) groups is 2. The molecule has 8 heteroatoms. The highest BCUT2D eigenvalue weighted by Gasteiger charge is 2.28. The van der Waals surface area contributed by atoms with Gasteiger partial charge in [0.25, 0.3) is 0 Å². The first-order valence-corrected chi connectivity index (χ1v) is 9.68. The summed E-state index contributed by atoms with van der Waals surface area (Å²) >= 11 is 5.78. The number of ketones is 1. The van der Waals surface area contributed by atoms with E-state index in [4.69, 9.17) is 11.6 Å². The fourth-order valence-electron chi connectivity index (χ4n) is 2.67. The summed E-state index contributed by atoms with van der Waals surface area (Å²) in [6.45, 7) is 1.63. The predicted molar refractivity (Wildman–Crippen MR) is 93.7 cm³/mol. The summed E-state index contributed by atoms with van der Waals surface area (Å²) in [6, 6.07) is 5.45. The van der Waals surface area contributed by atoms with E-state index in [1.807, 2.05) is 0 Å². The minimum Gasteiger partial charge on any atom is -0.469 e. The predicted octanol–water partition coefficient (Wildman–Crippen LogP) is 2.48. The maximum absolute atomic E-state index is 12.4. The lowest BCUT2D eigenvalue weighted by atomic mass is 9.88. The van der Waals surface area contributed by atoms with E-state index >= 15 is 0 Å². The van der Waals surface area contributed by atoms with Crippen LogP contribution in [0.3, 0.4) is 0 Å². The third-order valence-corrected chi connectivity index (χ3v) is 5.80. The number of hydrogen-bond donors (Lipinski definition) is 1. The molecule has 1 fully saturated rings. The molecule has 1 saturated carbocycles. The Balaban J connectivity index is 2.13. The number of nitrogens with one attached hydrogen (secondary N) is 1. The van der Waals surface area contributed by atoms with Gasteiger partial charge in [0.2, 0.25) is 10.0 Å². The van der Waals surface area contributed by atoms with Crippen LogP contribution in [0.2, 0.25) is 5.02 Å². The highest BCUT2D eigenvalue weighted by molar-refractivity contribution is 7.89. The Morgan fingerprint density at radius 2 is 2.00 bits per heavy atom. The molecule has 1 N–H and O–H groups in total. The average molecular weight is 386 g/mol. The van der Waals surface area contributed by atoms with Crippen molar-refractivity contribution in [1.82, 2.24) is 4.72 Å². The maximum Gasteiger partial charge on any atom is 0.312 e. The van der Waals surface area contributed by atoms with Crippen LogP contribution >= 0.6 is 11.6 Å². The molecule has 1 aliphatic carbocycles. The summed E-state index contributed by atoms with van der Waals surface area (Å²) < 4.78 is 32.2. The number of methoxy groups -OCH3 is 1.